The maximum atomic E-state index is 14.2. The maximum absolute atomic E-state index is 14.2. The van der Waals surface area contributed by atoms with E-state index in [-0.39, 0.29) is 54.0 Å². The standard InChI is InChI=1S/C31H36ClF3N7O6P/c1-5-47-49(45,48-6-2)18-19-8-10-23(25(14-19)46-4)40-30-37-16-22(31(33,34)35)28(41-30)39-24-11-9-21(27(32)26(24)29(44)36-3)20-15-38-42(17-20)12-7-13-43/h8-11,14-17,43H,5-7,12-13,18H2,1-4H3,(H,36,44)(H2,37,39,40,41). The fourth-order valence-electron chi connectivity index (χ4n) is 4.78. The van der Waals surface area contributed by atoms with Crippen LogP contribution in [-0.2, 0) is 32.5 Å². The molecule has 4 N–H and O–H groups in total. The number of hydrogen-bond acceptors (Lipinski definition) is 11. The van der Waals surface area contributed by atoms with E-state index in [1.165, 1.54) is 26.4 Å². The molecule has 0 aliphatic heterocycles. The number of carbonyl (C=O) groups is 1. The number of methoxy groups -OCH3 is 1. The van der Waals surface area contributed by atoms with Crippen LogP contribution in [-0.4, -0.2) is 64.7 Å². The van der Waals surface area contributed by atoms with Gasteiger partial charge in [0.05, 0.1) is 54.6 Å². The van der Waals surface area contributed by atoms with Gasteiger partial charge < -0.3 is 34.8 Å². The Bertz CT molecular complexity index is 1810. The first-order chi connectivity index (χ1) is 23.4. The van der Waals surface area contributed by atoms with Gasteiger partial charge in [-0.3, -0.25) is 14.0 Å². The molecule has 4 rings (SSSR count). The Balaban J connectivity index is 1.70. The summed E-state index contributed by atoms with van der Waals surface area (Å²) in [7, 11) is -0.668. The van der Waals surface area contributed by atoms with Gasteiger partial charge in [-0.15, -0.1) is 0 Å². The van der Waals surface area contributed by atoms with Crippen LogP contribution in [0, 0.1) is 0 Å². The van der Waals surface area contributed by atoms with E-state index in [0.29, 0.717) is 41.5 Å². The van der Waals surface area contributed by atoms with Crippen molar-refractivity contribution in [2.75, 3.05) is 44.6 Å². The molecule has 0 unspecified atom stereocenters. The summed E-state index contributed by atoms with van der Waals surface area (Å²) in [6.45, 7) is 4.21. The van der Waals surface area contributed by atoms with E-state index in [0.717, 1.165) is 0 Å². The van der Waals surface area contributed by atoms with Crippen LogP contribution in [0.25, 0.3) is 11.1 Å². The second-order valence-electron chi connectivity index (χ2n) is 10.3. The molecule has 264 valence electrons. The van der Waals surface area contributed by atoms with E-state index in [2.05, 4.69) is 31.0 Å². The van der Waals surface area contributed by atoms with E-state index < -0.39 is 31.1 Å². The van der Waals surface area contributed by atoms with Crippen LogP contribution in [0.1, 0.15) is 41.8 Å². The third-order valence-corrected chi connectivity index (χ3v) is 9.42. The van der Waals surface area contributed by atoms with E-state index >= 15 is 0 Å². The van der Waals surface area contributed by atoms with Crippen molar-refractivity contribution in [2.45, 2.75) is 39.2 Å². The summed E-state index contributed by atoms with van der Waals surface area (Å²) in [6.07, 6.45) is -0.607. The lowest BCUT2D eigenvalue weighted by atomic mass is 10.0. The van der Waals surface area contributed by atoms with Gasteiger partial charge in [0.2, 0.25) is 5.95 Å². The molecule has 2 aromatic carbocycles. The molecule has 2 heterocycles. The number of carbonyl (C=O) groups excluding carboxylic acids is 1. The van der Waals surface area contributed by atoms with Crippen LogP contribution in [0.5, 0.6) is 5.75 Å². The summed E-state index contributed by atoms with van der Waals surface area (Å²) in [5.74, 6) is -1.28. The molecule has 0 saturated heterocycles. The summed E-state index contributed by atoms with van der Waals surface area (Å²) in [6, 6.07) is 7.75. The minimum Gasteiger partial charge on any atom is -0.495 e. The molecule has 1 amide bonds. The number of benzene rings is 2. The number of amides is 1. The second kappa shape index (κ2) is 16.5. The summed E-state index contributed by atoms with van der Waals surface area (Å²) in [5, 5.41) is 21.3. The second-order valence-corrected chi connectivity index (χ2v) is 12.8. The molecule has 0 saturated carbocycles. The van der Waals surface area contributed by atoms with E-state index in [4.69, 9.17) is 30.5 Å². The number of halogens is 4. The van der Waals surface area contributed by atoms with E-state index in [1.54, 1.807) is 49.0 Å². The highest BCUT2D eigenvalue weighted by Crippen LogP contribution is 2.52. The van der Waals surface area contributed by atoms with Gasteiger partial charge in [0, 0.05) is 43.7 Å². The zero-order chi connectivity index (χ0) is 35.8. The predicted molar refractivity (Wildman–Crippen MR) is 179 cm³/mol. The normalized spacial score (nSPS) is 11.8. The Morgan fingerprint density at radius 1 is 1.08 bits per heavy atom. The molecule has 0 aliphatic rings. The fraction of sp³-hybridized carbons (Fsp3) is 0.355. The first-order valence-corrected chi connectivity index (χ1v) is 17.2. The number of anilines is 4. The van der Waals surface area contributed by atoms with E-state index in [1.807, 2.05) is 0 Å². The molecule has 4 aromatic rings. The van der Waals surface area contributed by atoms with E-state index in [9.17, 15) is 22.5 Å². The number of aromatic nitrogens is 4. The molecule has 0 bridgehead atoms. The van der Waals surface area contributed by atoms with Gasteiger partial charge in [-0.1, -0.05) is 23.7 Å². The Kier molecular flexibility index (Phi) is 12.6. The zero-order valence-electron chi connectivity index (χ0n) is 27.1. The summed E-state index contributed by atoms with van der Waals surface area (Å²) in [4.78, 5) is 21.0. The summed E-state index contributed by atoms with van der Waals surface area (Å²) < 4.78 is 73.3. The number of alkyl halides is 3. The van der Waals surface area contributed by atoms with Crippen molar-refractivity contribution in [1.29, 1.82) is 0 Å². The number of hydrogen-bond donors (Lipinski definition) is 4. The first kappa shape index (κ1) is 37.6. The molecule has 0 fully saturated rings. The van der Waals surface area contributed by atoms with Crippen LogP contribution < -0.4 is 20.7 Å². The lowest BCUT2D eigenvalue weighted by Gasteiger charge is -2.19. The monoisotopic (exact) mass is 725 g/mol. The Labute approximate surface area is 285 Å². The molecule has 0 atom stereocenters. The number of ether oxygens (including phenoxy) is 1. The quantitative estimate of drug-likeness (QED) is 0.0879. The maximum Gasteiger partial charge on any atom is 0.421 e. The van der Waals surface area contributed by atoms with Gasteiger partial charge in [0.1, 0.15) is 17.1 Å². The van der Waals surface area contributed by atoms with Crippen molar-refractivity contribution in [2.24, 2.45) is 0 Å². The Morgan fingerprint density at radius 2 is 1.80 bits per heavy atom. The van der Waals surface area contributed by atoms with Gasteiger partial charge >= 0.3 is 13.8 Å². The van der Waals surface area contributed by atoms with Crippen LogP contribution in [0.3, 0.4) is 0 Å². The third kappa shape index (κ3) is 9.28. The molecule has 18 heteroatoms. The van der Waals surface area contributed by atoms with Gasteiger partial charge in [0.25, 0.3) is 5.91 Å². The molecule has 0 spiro atoms. The average Bonchev–Trinajstić information content (AvgIpc) is 3.52. The largest absolute Gasteiger partial charge is 0.495 e. The van der Waals surface area contributed by atoms with Crippen molar-refractivity contribution in [1.82, 2.24) is 25.1 Å². The van der Waals surface area contributed by atoms with Crippen LogP contribution >= 0.6 is 19.2 Å². The molecule has 13 nitrogen and oxygen atoms in total. The van der Waals surface area contributed by atoms with Crippen molar-refractivity contribution in [3.63, 3.8) is 0 Å². The highest BCUT2D eigenvalue weighted by molar-refractivity contribution is 7.53. The zero-order valence-corrected chi connectivity index (χ0v) is 28.7. The minimum absolute atomic E-state index is 0.0226. The van der Waals surface area contributed by atoms with Gasteiger partial charge in [0.15, 0.2) is 0 Å². The van der Waals surface area contributed by atoms with Gasteiger partial charge in [-0.2, -0.15) is 23.3 Å². The van der Waals surface area contributed by atoms with Crippen molar-refractivity contribution < 1.29 is 41.4 Å². The summed E-state index contributed by atoms with van der Waals surface area (Å²) >= 11 is 6.70. The van der Waals surface area contributed by atoms with Gasteiger partial charge in [-0.05, 0) is 44.0 Å². The summed E-state index contributed by atoms with van der Waals surface area (Å²) in [5.41, 5.74) is 0.474. The fourth-order valence-corrected chi connectivity index (χ4v) is 6.83. The topological polar surface area (TPSA) is 162 Å². The first-order valence-electron chi connectivity index (χ1n) is 15.1. The number of nitrogens with zero attached hydrogens (tertiary/aromatic N) is 4. The molecular formula is C31H36ClF3N7O6P. The van der Waals surface area contributed by atoms with Crippen LogP contribution in [0.2, 0.25) is 5.02 Å². The van der Waals surface area contributed by atoms with Crippen molar-refractivity contribution in [3.8, 4) is 16.9 Å². The smallest absolute Gasteiger partial charge is 0.421 e. The SMILES string of the molecule is CCOP(=O)(Cc1ccc(Nc2ncc(C(F)(F)F)c(Nc3ccc(-c4cnn(CCCO)c4)c(Cl)c3C(=O)NC)n2)c(OC)c1)OCC. The number of rotatable bonds is 16. The highest BCUT2D eigenvalue weighted by Gasteiger charge is 2.36. The molecular weight excluding hydrogens is 690 g/mol. The number of nitrogens with one attached hydrogen (secondary N) is 3. The number of aryl methyl sites for hydroxylation is 1. The molecule has 2 aromatic heterocycles. The average molecular weight is 726 g/mol. The van der Waals surface area contributed by atoms with Gasteiger partial charge in [-0.25, -0.2) is 4.98 Å². The minimum atomic E-state index is -4.87. The number of aliphatic hydroxyl groups is 1. The molecule has 0 aliphatic carbocycles. The Hall–Kier alpha value is -4.21. The third-order valence-electron chi connectivity index (χ3n) is 6.97. The lowest BCUT2D eigenvalue weighted by Crippen LogP contribution is -2.21. The molecule has 49 heavy (non-hydrogen) atoms. The molecule has 0 radical (unpaired) electrons. The van der Waals surface area contributed by atoms with Crippen molar-refractivity contribution in [3.05, 3.63) is 70.6 Å². The Morgan fingerprint density at radius 3 is 2.43 bits per heavy atom. The van der Waals surface area contributed by atoms with Crippen LogP contribution in [0.4, 0.5) is 36.3 Å². The number of aliphatic hydroxyl groups excluding tert-OH is 1. The van der Waals surface area contributed by atoms with Crippen molar-refractivity contribution >= 4 is 48.2 Å². The van der Waals surface area contributed by atoms with Crippen LogP contribution in [0.15, 0.2) is 48.9 Å². The predicted octanol–water partition coefficient (Wildman–Crippen LogP) is 7.02. The highest BCUT2D eigenvalue weighted by atomic mass is 35.5. The lowest BCUT2D eigenvalue weighted by molar-refractivity contribution is -0.137.